The third kappa shape index (κ3) is 1.44. The molecule has 2 rings (SSSR count). The predicted octanol–water partition coefficient (Wildman–Crippen LogP) is 3.19. The zero-order valence-corrected chi connectivity index (χ0v) is 7.63. The van der Waals surface area contributed by atoms with Gasteiger partial charge in [0.05, 0.1) is 5.52 Å². The van der Waals surface area contributed by atoms with Crippen LogP contribution in [0.25, 0.3) is 10.9 Å². The van der Waals surface area contributed by atoms with E-state index in [1.807, 2.05) is 18.3 Å². The van der Waals surface area contributed by atoms with Gasteiger partial charge in [-0.15, -0.1) is 0 Å². The second-order valence-electron chi connectivity index (χ2n) is 3.21. The molecule has 0 atom stereocenters. The second kappa shape index (κ2) is 3.21. The Morgan fingerprint density at radius 1 is 1.31 bits per heavy atom. The fourth-order valence-electron chi connectivity index (χ4n) is 1.59. The molecule has 0 spiro atoms. The Kier molecular flexibility index (Phi) is 2.05. The van der Waals surface area contributed by atoms with Crippen molar-refractivity contribution in [1.82, 2.24) is 4.57 Å². The van der Waals surface area contributed by atoms with Crippen LogP contribution in [-0.2, 0) is 6.54 Å². The van der Waals surface area contributed by atoms with Gasteiger partial charge in [-0.25, -0.2) is 4.39 Å². The highest BCUT2D eigenvalue weighted by Gasteiger charge is 2.00. The van der Waals surface area contributed by atoms with Gasteiger partial charge in [0.1, 0.15) is 5.82 Å². The minimum Gasteiger partial charge on any atom is -0.347 e. The van der Waals surface area contributed by atoms with Crippen molar-refractivity contribution in [3.8, 4) is 0 Å². The van der Waals surface area contributed by atoms with E-state index in [1.165, 1.54) is 6.07 Å². The van der Waals surface area contributed by atoms with Crippen molar-refractivity contribution in [3.05, 3.63) is 36.3 Å². The van der Waals surface area contributed by atoms with E-state index >= 15 is 0 Å². The van der Waals surface area contributed by atoms with E-state index in [9.17, 15) is 4.39 Å². The minimum absolute atomic E-state index is 0.163. The lowest BCUT2D eigenvalue weighted by atomic mass is 10.2. The van der Waals surface area contributed by atoms with Crippen molar-refractivity contribution >= 4 is 10.9 Å². The zero-order valence-electron chi connectivity index (χ0n) is 7.63. The molecule has 1 aromatic heterocycles. The van der Waals surface area contributed by atoms with Crippen LogP contribution in [0.15, 0.2) is 30.5 Å². The van der Waals surface area contributed by atoms with Crippen LogP contribution in [-0.4, -0.2) is 4.57 Å². The third-order valence-electron chi connectivity index (χ3n) is 2.20. The van der Waals surface area contributed by atoms with Gasteiger partial charge in [0, 0.05) is 12.7 Å². The van der Waals surface area contributed by atoms with Crippen molar-refractivity contribution in [2.24, 2.45) is 0 Å². The van der Waals surface area contributed by atoms with E-state index in [-0.39, 0.29) is 5.82 Å². The molecule has 0 saturated carbocycles. The standard InChI is InChI=1S/C11H12FN/c1-2-6-13-7-5-9-3-4-10(12)8-11(9)13/h3-5,7-8H,2,6H2,1H3. The first-order chi connectivity index (χ1) is 6.31. The van der Waals surface area contributed by atoms with Crippen molar-refractivity contribution in [2.75, 3.05) is 0 Å². The molecule has 0 aliphatic rings. The Labute approximate surface area is 76.8 Å². The Morgan fingerprint density at radius 2 is 2.15 bits per heavy atom. The molecule has 0 aliphatic carbocycles. The summed E-state index contributed by atoms with van der Waals surface area (Å²) in [5.74, 6) is -0.163. The van der Waals surface area contributed by atoms with Crippen LogP contribution in [0.5, 0.6) is 0 Å². The molecule has 0 amide bonds. The minimum atomic E-state index is -0.163. The number of nitrogens with zero attached hydrogens (tertiary/aromatic N) is 1. The maximum Gasteiger partial charge on any atom is 0.125 e. The Bertz CT molecular complexity index is 417. The van der Waals surface area contributed by atoms with Gasteiger partial charge >= 0.3 is 0 Å². The summed E-state index contributed by atoms with van der Waals surface area (Å²) in [6.07, 6.45) is 3.08. The summed E-state index contributed by atoms with van der Waals surface area (Å²) in [5, 5.41) is 1.11. The van der Waals surface area contributed by atoms with Crippen LogP contribution in [0.1, 0.15) is 13.3 Å². The fraction of sp³-hybridized carbons (Fsp3) is 0.273. The van der Waals surface area contributed by atoms with E-state index in [0.717, 1.165) is 23.9 Å². The van der Waals surface area contributed by atoms with Crippen LogP contribution in [0.4, 0.5) is 4.39 Å². The second-order valence-corrected chi connectivity index (χ2v) is 3.21. The number of aromatic nitrogens is 1. The monoisotopic (exact) mass is 177 g/mol. The molecule has 0 radical (unpaired) electrons. The first-order valence-electron chi connectivity index (χ1n) is 4.55. The van der Waals surface area contributed by atoms with E-state index < -0.39 is 0 Å². The smallest absolute Gasteiger partial charge is 0.125 e. The summed E-state index contributed by atoms with van der Waals surface area (Å²) in [6, 6.07) is 6.92. The maximum atomic E-state index is 12.9. The number of fused-ring (bicyclic) bond motifs is 1. The van der Waals surface area contributed by atoms with Crippen molar-refractivity contribution in [2.45, 2.75) is 19.9 Å². The first kappa shape index (κ1) is 8.30. The summed E-state index contributed by atoms with van der Waals surface area (Å²) in [5.41, 5.74) is 0.988. The van der Waals surface area contributed by atoms with E-state index in [0.29, 0.717) is 0 Å². The molecule has 13 heavy (non-hydrogen) atoms. The fourth-order valence-corrected chi connectivity index (χ4v) is 1.59. The zero-order chi connectivity index (χ0) is 9.26. The summed E-state index contributed by atoms with van der Waals surface area (Å²) < 4.78 is 15.0. The molecule has 0 unspecified atom stereocenters. The molecule has 1 heterocycles. The van der Waals surface area contributed by atoms with Crippen LogP contribution in [0, 0.1) is 5.82 Å². The number of hydrogen-bond donors (Lipinski definition) is 0. The van der Waals surface area contributed by atoms with Crippen LogP contribution in [0.2, 0.25) is 0 Å². The number of aryl methyl sites for hydroxylation is 1. The molecule has 0 aliphatic heterocycles. The van der Waals surface area contributed by atoms with Crippen molar-refractivity contribution in [1.29, 1.82) is 0 Å². The average molecular weight is 177 g/mol. The van der Waals surface area contributed by atoms with Gasteiger partial charge in [-0.3, -0.25) is 0 Å². The lowest BCUT2D eigenvalue weighted by Crippen LogP contribution is -1.93. The third-order valence-corrected chi connectivity index (χ3v) is 2.20. The van der Waals surface area contributed by atoms with Gasteiger partial charge in [0.2, 0.25) is 0 Å². The van der Waals surface area contributed by atoms with Gasteiger partial charge in [0.15, 0.2) is 0 Å². The summed E-state index contributed by atoms with van der Waals surface area (Å²) in [6.45, 7) is 3.07. The molecule has 1 aromatic carbocycles. The molecule has 0 N–H and O–H groups in total. The molecular weight excluding hydrogens is 165 g/mol. The summed E-state index contributed by atoms with van der Waals surface area (Å²) >= 11 is 0. The lowest BCUT2D eigenvalue weighted by molar-refractivity contribution is 0.627. The molecule has 0 saturated heterocycles. The van der Waals surface area contributed by atoms with Gasteiger partial charge in [-0.2, -0.15) is 0 Å². The number of benzene rings is 1. The SMILES string of the molecule is CCCn1ccc2ccc(F)cc21. The molecule has 1 nitrogen and oxygen atoms in total. The highest BCUT2D eigenvalue weighted by molar-refractivity contribution is 5.80. The maximum absolute atomic E-state index is 12.9. The topological polar surface area (TPSA) is 4.93 Å². The van der Waals surface area contributed by atoms with Crippen LogP contribution < -0.4 is 0 Å². The number of hydrogen-bond acceptors (Lipinski definition) is 0. The van der Waals surface area contributed by atoms with Gasteiger partial charge < -0.3 is 4.57 Å². The van der Waals surface area contributed by atoms with Crippen LogP contribution >= 0.6 is 0 Å². The number of rotatable bonds is 2. The average Bonchev–Trinajstić information content (AvgIpc) is 2.49. The highest BCUT2D eigenvalue weighted by Crippen LogP contribution is 2.17. The van der Waals surface area contributed by atoms with Crippen LogP contribution in [0.3, 0.4) is 0 Å². The highest BCUT2D eigenvalue weighted by atomic mass is 19.1. The van der Waals surface area contributed by atoms with E-state index in [4.69, 9.17) is 0 Å². The molecule has 2 aromatic rings. The molecule has 0 fully saturated rings. The van der Waals surface area contributed by atoms with Gasteiger partial charge in [-0.05, 0) is 36.1 Å². The first-order valence-corrected chi connectivity index (χ1v) is 4.55. The Morgan fingerprint density at radius 3 is 2.92 bits per heavy atom. The van der Waals surface area contributed by atoms with E-state index in [1.54, 1.807) is 6.07 Å². The Balaban J connectivity index is 2.58. The summed E-state index contributed by atoms with van der Waals surface area (Å²) in [4.78, 5) is 0. The van der Waals surface area contributed by atoms with Gasteiger partial charge in [-0.1, -0.05) is 6.92 Å². The summed E-state index contributed by atoms with van der Waals surface area (Å²) in [7, 11) is 0. The quantitative estimate of drug-likeness (QED) is 0.664. The molecule has 2 heteroatoms. The lowest BCUT2D eigenvalue weighted by Gasteiger charge is -2.01. The Hall–Kier alpha value is -1.31. The normalized spacial score (nSPS) is 10.9. The van der Waals surface area contributed by atoms with Crippen molar-refractivity contribution in [3.63, 3.8) is 0 Å². The molecule has 68 valence electrons. The van der Waals surface area contributed by atoms with E-state index in [2.05, 4.69) is 11.5 Å². The number of halogens is 1. The molecule has 0 bridgehead atoms. The molecular formula is C11H12FN. The predicted molar refractivity (Wildman–Crippen MR) is 52.2 cm³/mol. The largest absolute Gasteiger partial charge is 0.347 e. The van der Waals surface area contributed by atoms with Gasteiger partial charge in [0.25, 0.3) is 0 Å². The van der Waals surface area contributed by atoms with Crippen molar-refractivity contribution < 1.29 is 4.39 Å².